The molecule has 0 radical (unpaired) electrons. The van der Waals surface area contributed by atoms with E-state index in [1.807, 2.05) is 25.1 Å². The van der Waals surface area contributed by atoms with E-state index in [1.54, 1.807) is 0 Å². The maximum absolute atomic E-state index is 9.97. The molecule has 0 spiro atoms. The van der Waals surface area contributed by atoms with Gasteiger partial charge < -0.3 is 20.3 Å². The van der Waals surface area contributed by atoms with Crippen molar-refractivity contribution in [3.63, 3.8) is 0 Å². The van der Waals surface area contributed by atoms with Crippen molar-refractivity contribution in [2.75, 3.05) is 19.8 Å². The molecule has 0 aliphatic carbocycles. The van der Waals surface area contributed by atoms with E-state index in [4.69, 9.17) is 9.84 Å². The lowest BCUT2D eigenvalue weighted by Crippen LogP contribution is -2.39. The van der Waals surface area contributed by atoms with Crippen molar-refractivity contribution in [1.29, 1.82) is 0 Å². The first-order valence-corrected chi connectivity index (χ1v) is 7.86. The normalized spacial score (nSPS) is 15.5. The second-order valence-corrected chi connectivity index (χ2v) is 5.51. The molecule has 0 aliphatic heterocycles. The Kier molecular flexibility index (Phi) is 8.35. The van der Waals surface area contributed by atoms with Crippen LogP contribution in [-0.2, 0) is 0 Å². The molecule has 3 N–H and O–H groups in total. The summed E-state index contributed by atoms with van der Waals surface area (Å²) in [5.41, 5.74) is 1.18. The zero-order valence-electron chi connectivity index (χ0n) is 13.4. The van der Waals surface area contributed by atoms with Crippen molar-refractivity contribution in [3.8, 4) is 5.75 Å². The molecule has 21 heavy (non-hydrogen) atoms. The van der Waals surface area contributed by atoms with Crippen LogP contribution in [0.15, 0.2) is 24.3 Å². The van der Waals surface area contributed by atoms with E-state index in [-0.39, 0.29) is 19.3 Å². The van der Waals surface area contributed by atoms with E-state index < -0.39 is 6.10 Å². The van der Waals surface area contributed by atoms with E-state index in [2.05, 4.69) is 25.2 Å². The summed E-state index contributed by atoms with van der Waals surface area (Å²) in [6.45, 7) is 7.08. The fourth-order valence-electron chi connectivity index (χ4n) is 2.12. The molecule has 0 heterocycles. The summed E-state index contributed by atoms with van der Waals surface area (Å²) < 4.78 is 5.77. The van der Waals surface area contributed by atoms with Gasteiger partial charge in [0.05, 0.1) is 6.61 Å². The largest absolute Gasteiger partial charge is 0.491 e. The average Bonchev–Trinajstić information content (AvgIpc) is 2.53. The number of hydrogen-bond acceptors (Lipinski definition) is 4. The molecule has 0 saturated carbocycles. The Hall–Kier alpha value is -1.10. The smallest absolute Gasteiger partial charge is 0.122 e. The third-order valence-electron chi connectivity index (χ3n) is 3.85. The van der Waals surface area contributed by atoms with Gasteiger partial charge in [0.2, 0.25) is 0 Å². The van der Waals surface area contributed by atoms with Gasteiger partial charge in [-0.25, -0.2) is 0 Å². The molecule has 0 bridgehead atoms. The Morgan fingerprint density at radius 1 is 1.19 bits per heavy atom. The molecule has 0 amide bonds. The number of nitrogens with one attached hydrogen (secondary N) is 1. The Morgan fingerprint density at radius 3 is 2.52 bits per heavy atom. The van der Waals surface area contributed by atoms with Gasteiger partial charge in [0, 0.05) is 12.6 Å². The van der Waals surface area contributed by atoms with Crippen LogP contribution in [0.5, 0.6) is 5.75 Å². The summed E-state index contributed by atoms with van der Waals surface area (Å²) in [6, 6.07) is 8.02. The summed E-state index contributed by atoms with van der Waals surface area (Å²) in [6.07, 6.45) is 1.30. The van der Waals surface area contributed by atoms with Crippen LogP contribution >= 0.6 is 0 Å². The first kappa shape index (κ1) is 18.0. The van der Waals surface area contributed by atoms with E-state index in [0.717, 1.165) is 18.6 Å². The van der Waals surface area contributed by atoms with Crippen LogP contribution in [0.2, 0.25) is 0 Å². The molecular formula is C17H29NO3. The maximum Gasteiger partial charge on any atom is 0.122 e. The van der Waals surface area contributed by atoms with Gasteiger partial charge in [-0.15, -0.1) is 0 Å². The third kappa shape index (κ3) is 6.04. The van der Waals surface area contributed by atoms with Gasteiger partial charge in [0.25, 0.3) is 0 Å². The van der Waals surface area contributed by atoms with Crippen LogP contribution in [0.25, 0.3) is 0 Å². The van der Waals surface area contributed by atoms with Gasteiger partial charge in [-0.1, -0.05) is 39.0 Å². The lowest BCUT2D eigenvalue weighted by molar-refractivity contribution is 0.0988. The Bertz CT molecular complexity index is 393. The molecule has 0 aromatic heterocycles. The van der Waals surface area contributed by atoms with Crippen LogP contribution < -0.4 is 10.1 Å². The number of hydrogen-bond donors (Lipinski definition) is 3. The highest BCUT2D eigenvalue weighted by Gasteiger charge is 2.12. The molecule has 3 atom stereocenters. The SMILES string of the molecule is CC[C@H](CO)NC[C@H](O)COc1ccccc1[C@H](C)CC. The minimum atomic E-state index is -0.587. The van der Waals surface area contributed by atoms with Gasteiger partial charge in [-0.3, -0.25) is 0 Å². The number of para-hydroxylation sites is 1. The zero-order valence-corrected chi connectivity index (χ0v) is 13.4. The summed E-state index contributed by atoms with van der Waals surface area (Å²) in [5, 5.41) is 22.2. The number of aliphatic hydroxyl groups is 2. The fraction of sp³-hybridized carbons (Fsp3) is 0.647. The first-order chi connectivity index (χ1) is 10.1. The molecular weight excluding hydrogens is 266 g/mol. The van der Waals surface area contributed by atoms with Crippen molar-refractivity contribution in [2.24, 2.45) is 0 Å². The standard InChI is InChI=1S/C17H29NO3/c1-4-13(3)16-8-6-7-9-17(16)21-12-15(20)10-18-14(5-2)11-19/h6-9,13-15,18-20H,4-5,10-12H2,1-3H3/t13-,14-,15+/m1/s1. The van der Waals surface area contributed by atoms with Crippen LogP contribution in [-0.4, -0.2) is 42.1 Å². The quantitative estimate of drug-likeness (QED) is 0.620. The Morgan fingerprint density at radius 2 is 1.90 bits per heavy atom. The van der Waals surface area contributed by atoms with Crippen molar-refractivity contribution in [3.05, 3.63) is 29.8 Å². The number of ether oxygens (including phenoxy) is 1. The molecule has 4 heteroatoms. The second kappa shape index (κ2) is 9.77. The summed E-state index contributed by atoms with van der Waals surface area (Å²) in [7, 11) is 0. The van der Waals surface area contributed by atoms with Crippen molar-refractivity contribution in [1.82, 2.24) is 5.32 Å². The Labute approximate surface area is 128 Å². The second-order valence-electron chi connectivity index (χ2n) is 5.51. The highest BCUT2D eigenvalue weighted by atomic mass is 16.5. The molecule has 0 saturated heterocycles. The van der Waals surface area contributed by atoms with Crippen molar-refractivity contribution in [2.45, 2.75) is 51.7 Å². The van der Waals surface area contributed by atoms with Crippen molar-refractivity contribution < 1.29 is 14.9 Å². The lowest BCUT2D eigenvalue weighted by Gasteiger charge is -2.20. The first-order valence-electron chi connectivity index (χ1n) is 7.86. The minimum Gasteiger partial charge on any atom is -0.491 e. The molecule has 0 aliphatic rings. The molecule has 1 rings (SSSR count). The summed E-state index contributed by atoms with van der Waals surface area (Å²) in [4.78, 5) is 0. The van der Waals surface area contributed by atoms with Crippen LogP contribution in [0.3, 0.4) is 0 Å². The minimum absolute atomic E-state index is 0.0343. The van der Waals surface area contributed by atoms with Gasteiger partial charge in [0.1, 0.15) is 18.5 Å². The summed E-state index contributed by atoms with van der Waals surface area (Å²) in [5.74, 6) is 1.29. The van der Waals surface area contributed by atoms with E-state index in [9.17, 15) is 5.11 Å². The van der Waals surface area contributed by atoms with Gasteiger partial charge in [-0.2, -0.15) is 0 Å². The van der Waals surface area contributed by atoms with Crippen LogP contribution in [0, 0.1) is 0 Å². The number of benzene rings is 1. The molecule has 120 valence electrons. The van der Waals surface area contributed by atoms with Crippen LogP contribution in [0.4, 0.5) is 0 Å². The van der Waals surface area contributed by atoms with E-state index in [1.165, 1.54) is 5.56 Å². The van der Waals surface area contributed by atoms with Crippen molar-refractivity contribution >= 4 is 0 Å². The van der Waals surface area contributed by atoms with Gasteiger partial charge in [0.15, 0.2) is 0 Å². The third-order valence-corrected chi connectivity index (χ3v) is 3.85. The highest BCUT2D eigenvalue weighted by Crippen LogP contribution is 2.28. The molecule has 1 aromatic rings. The number of rotatable bonds is 10. The zero-order chi connectivity index (χ0) is 15.7. The van der Waals surface area contributed by atoms with Gasteiger partial charge in [-0.05, 0) is 30.4 Å². The summed E-state index contributed by atoms with van der Waals surface area (Å²) >= 11 is 0. The highest BCUT2D eigenvalue weighted by molar-refractivity contribution is 5.35. The fourth-order valence-corrected chi connectivity index (χ4v) is 2.12. The molecule has 0 fully saturated rings. The van der Waals surface area contributed by atoms with Crippen LogP contribution in [0.1, 0.15) is 45.1 Å². The molecule has 1 aromatic carbocycles. The molecule has 4 nitrogen and oxygen atoms in total. The van der Waals surface area contributed by atoms with E-state index >= 15 is 0 Å². The number of aliphatic hydroxyl groups excluding tert-OH is 2. The maximum atomic E-state index is 9.97. The topological polar surface area (TPSA) is 61.7 Å². The average molecular weight is 295 g/mol. The van der Waals surface area contributed by atoms with Gasteiger partial charge >= 0.3 is 0 Å². The lowest BCUT2D eigenvalue weighted by atomic mass is 9.98. The molecule has 0 unspecified atom stereocenters. The Balaban J connectivity index is 2.47. The predicted octanol–water partition coefficient (Wildman–Crippen LogP) is 2.30. The predicted molar refractivity (Wildman–Crippen MR) is 85.8 cm³/mol. The monoisotopic (exact) mass is 295 g/mol. The van der Waals surface area contributed by atoms with E-state index in [0.29, 0.717) is 12.5 Å².